The Kier molecular flexibility index (Phi) is 3.48. The summed E-state index contributed by atoms with van der Waals surface area (Å²) < 4.78 is 6.91. The van der Waals surface area contributed by atoms with Gasteiger partial charge in [-0.05, 0) is 6.42 Å². The van der Waals surface area contributed by atoms with Crippen LogP contribution in [-0.2, 0) is 6.54 Å². The number of hydrogen-bond donors (Lipinski definition) is 1. The van der Waals surface area contributed by atoms with Gasteiger partial charge in [0.25, 0.3) is 0 Å². The zero-order chi connectivity index (χ0) is 12.3. The molecule has 0 aliphatic rings. The highest BCUT2D eigenvalue weighted by Crippen LogP contribution is 2.12. The lowest BCUT2D eigenvalue weighted by Crippen LogP contribution is -2.10. The lowest BCUT2D eigenvalue weighted by Gasteiger charge is -2.04. The molecule has 0 saturated carbocycles. The third kappa shape index (κ3) is 2.88. The van der Waals surface area contributed by atoms with E-state index in [-0.39, 0.29) is 6.04 Å². The van der Waals surface area contributed by atoms with E-state index in [1.165, 1.54) is 0 Å². The molecule has 2 heterocycles. The Labute approximate surface area is 99.0 Å². The van der Waals surface area contributed by atoms with Crippen molar-refractivity contribution < 1.29 is 4.42 Å². The third-order valence-electron chi connectivity index (χ3n) is 2.40. The number of aromatic nitrogens is 5. The number of nitrogens with zero attached hydrogens (tertiary/aromatic N) is 5. The first-order valence-corrected chi connectivity index (χ1v) is 5.63. The van der Waals surface area contributed by atoms with Crippen LogP contribution in [0.3, 0.4) is 0 Å². The van der Waals surface area contributed by atoms with Gasteiger partial charge in [-0.3, -0.25) is 0 Å². The molecular weight excluding hydrogens is 220 g/mol. The fourth-order valence-electron chi connectivity index (χ4n) is 1.56. The van der Waals surface area contributed by atoms with Crippen molar-refractivity contribution in [1.82, 2.24) is 25.2 Å². The Balaban J connectivity index is 2.03. The second-order valence-corrected chi connectivity index (χ2v) is 3.95. The van der Waals surface area contributed by atoms with Gasteiger partial charge in [0.05, 0.1) is 17.9 Å². The molecule has 7 heteroatoms. The highest BCUT2D eigenvalue weighted by Gasteiger charge is 2.11. The van der Waals surface area contributed by atoms with E-state index in [2.05, 4.69) is 27.4 Å². The summed E-state index contributed by atoms with van der Waals surface area (Å²) >= 11 is 0. The first kappa shape index (κ1) is 11.7. The van der Waals surface area contributed by atoms with E-state index in [0.29, 0.717) is 18.3 Å². The molecule has 0 fully saturated rings. The van der Waals surface area contributed by atoms with Gasteiger partial charge in [-0.25, -0.2) is 4.68 Å². The van der Waals surface area contributed by atoms with E-state index < -0.39 is 0 Å². The minimum absolute atomic E-state index is 0.0572. The SMILES string of the molecule is CCCC(N)c1cn(Cc2nnc(C)o2)nn1. The highest BCUT2D eigenvalue weighted by molar-refractivity contribution is 5.00. The van der Waals surface area contributed by atoms with Crippen LogP contribution in [0, 0.1) is 6.92 Å². The number of rotatable bonds is 5. The monoisotopic (exact) mass is 236 g/mol. The molecule has 0 aliphatic carbocycles. The number of hydrogen-bond acceptors (Lipinski definition) is 6. The molecule has 2 aromatic rings. The summed E-state index contributed by atoms with van der Waals surface area (Å²) in [4.78, 5) is 0. The van der Waals surface area contributed by atoms with Crippen LogP contribution in [0.2, 0.25) is 0 Å². The molecule has 17 heavy (non-hydrogen) atoms. The standard InChI is InChI=1S/C10H16N6O/c1-3-4-8(11)9-5-16(15-13-9)6-10-14-12-7(2)17-10/h5,8H,3-4,6,11H2,1-2H3. The van der Waals surface area contributed by atoms with Crippen molar-refractivity contribution in [2.75, 3.05) is 0 Å². The molecule has 2 N–H and O–H groups in total. The van der Waals surface area contributed by atoms with Crippen LogP contribution in [-0.4, -0.2) is 25.2 Å². The highest BCUT2D eigenvalue weighted by atomic mass is 16.4. The van der Waals surface area contributed by atoms with Crippen LogP contribution in [0.5, 0.6) is 0 Å². The third-order valence-corrected chi connectivity index (χ3v) is 2.40. The van der Waals surface area contributed by atoms with Crippen LogP contribution >= 0.6 is 0 Å². The first-order valence-electron chi connectivity index (χ1n) is 5.63. The average molecular weight is 236 g/mol. The Bertz CT molecular complexity index is 477. The van der Waals surface area contributed by atoms with E-state index in [9.17, 15) is 0 Å². The van der Waals surface area contributed by atoms with E-state index in [0.717, 1.165) is 18.5 Å². The van der Waals surface area contributed by atoms with Gasteiger partial charge in [0, 0.05) is 6.92 Å². The zero-order valence-corrected chi connectivity index (χ0v) is 10.00. The molecular formula is C10H16N6O. The van der Waals surface area contributed by atoms with Gasteiger partial charge >= 0.3 is 0 Å². The summed E-state index contributed by atoms with van der Waals surface area (Å²) in [6.45, 7) is 4.26. The van der Waals surface area contributed by atoms with E-state index in [1.807, 2.05) is 6.20 Å². The van der Waals surface area contributed by atoms with Crippen molar-refractivity contribution >= 4 is 0 Å². The van der Waals surface area contributed by atoms with Crippen molar-refractivity contribution in [2.24, 2.45) is 5.73 Å². The summed E-state index contributed by atoms with van der Waals surface area (Å²) in [7, 11) is 0. The first-order chi connectivity index (χ1) is 8.19. The van der Waals surface area contributed by atoms with Crippen LogP contribution in [0.4, 0.5) is 0 Å². The molecule has 0 bridgehead atoms. The molecule has 0 radical (unpaired) electrons. The van der Waals surface area contributed by atoms with E-state index >= 15 is 0 Å². The minimum Gasteiger partial charge on any atom is -0.424 e. The van der Waals surface area contributed by atoms with Gasteiger partial charge in [-0.15, -0.1) is 15.3 Å². The van der Waals surface area contributed by atoms with Crippen molar-refractivity contribution in [2.45, 2.75) is 39.3 Å². The average Bonchev–Trinajstić information content (AvgIpc) is 2.89. The van der Waals surface area contributed by atoms with Crippen molar-refractivity contribution in [3.63, 3.8) is 0 Å². The maximum Gasteiger partial charge on any atom is 0.237 e. The lowest BCUT2D eigenvalue weighted by atomic mass is 10.1. The summed E-state index contributed by atoms with van der Waals surface area (Å²) in [5.74, 6) is 1.06. The summed E-state index contributed by atoms with van der Waals surface area (Å²) in [6.07, 6.45) is 3.75. The quantitative estimate of drug-likeness (QED) is 0.825. The predicted molar refractivity (Wildman–Crippen MR) is 60.0 cm³/mol. The molecule has 7 nitrogen and oxygen atoms in total. The van der Waals surface area contributed by atoms with Gasteiger partial charge in [0.2, 0.25) is 11.8 Å². The predicted octanol–water partition coefficient (Wildman–Crippen LogP) is 0.818. The lowest BCUT2D eigenvalue weighted by molar-refractivity contribution is 0.441. The second-order valence-electron chi connectivity index (χ2n) is 3.95. The fourth-order valence-corrected chi connectivity index (χ4v) is 1.56. The molecule has 2 rings (SSSR count). The molecule has 0 aliphatic heterocycles. The van der Waals surface area contributed by atoms with Gasteiger partial charge in [0.1, 0.15) is 6.54 Å². The van der Waals surface area contributed by atoms with Gasteiger partial charge in [-0.2, -0.15) is 0 Å². The Morgan fingerprint density at radius 3 is 2.88 bits per heavy atom. The van der Waals surface area contributed by atoms with E-state index in [4.69, 9.17) is 10.2 Å². The molecule has 0 saturated heterocycles. The van der Waals surface area contributed by atoms with Crippen LogP contribution < -0.4 is 5.73 Å². The maximum absolute atomic E-state index is 5.95. The topological polar surface area (TPSA) is 95.7 Å². The Morgan fingerprint density at radius 2 is 2.24 bits per heavy atom. The minimum atomic E-state index is -0.0572. The van der Waals surface area contributed by atoms with Crippen LogP contribution in [0.25, 0.3) is 0 Å². The number of nitrogens with two attached hydrogens (primary N) is 1. The summed E-state index contributed by atoms with van der Waals surface area (Å²) in [6, 6.07) is -0.0572. The Morgan fingerprint density at radius 1 is 1.41 bits per heavy atom. The molecule has 0 aromatic carbocycles. The normalized spacial score (nSPS) is 12.9. The summed E-state index contributed by atoms with van der Waals surface area (Å²) in [5.41, 5.74) is 6.74. The zero-order valence-electron chi connectivity index (χ0n) is 10.00. The second kappa shape index (κ2) is 5.05. The van der Waals surface area contributed by atoms with Crippen LogP contribution in [0.1, 0.15) is 43.3 Å². The maximum atomic E-state index is 5.95. The molecule has 2 aromatic heterocycles. The Hall–Kier alpha value is -1.76. The van der Waals surface area contributed by atoms with Crippen LogP contribution in [0.15, 0.2) is 10.6 Å². The molecule has 92 valence electrons. The largest absolute Gasteiger partial charge is 0.424 e. The molecule has 0 spiro atoms. The molecule has 0 amide bonds. The van der Waals surface area contributed by atoms with E-state index in [1.54, 1.807) is 11.6 Å². The molecule has 1 unspecified atom stereocenters. The summed E-state index contributed by atoms with van der Waals surface area (Å²) in [5, 5.41) is 15.7. The van der Waals surface area contributed by atoms with Crippen molar-refractivity contribution in [3.05, 3.63) is 23.7 Å². The smallest absolute Gasteiger partial charge is 0.237 e. The number of aryl methyl sites for hydroxylation is 1. The fraction of sp³-hybridized carbons (Fsp3) is 0.600. The van der Waals surface area contributed by atoms with Gasteiger partial charge in [0.15, 0.2) is 0 Å². The van der Waals surface area contributed by atoms with Crippen molar-refractivity contribution in [1.29, 1.82) is 0 Å². The molecule has 1 atom stereocenters. The van der Waals surface area contributed by atoms with Gasteiger partial charge in [-0.1, -0.05) is 18.6 Å². The van der Waals surface area contributed by atoms with Crippen molar-refractivity contribution in [3.8, 4) is 0 Å². The van der Waals surface area contributed by atoms with Gasteiger partial charge < -0.3 is 10.2 Å².